The van der Waals surface area contributed by atoms with Gasteiger partial charge in [0.25, 0.3) is 10.1 Å². The van der Waals surface area contributed by atoms with Crippen molar-refractivity contribution in [3.8, 4) is 0 Å². The monoisotopic (exact) mass is 1290 g/mol. The van der Waals surface area contributed by atoms with Crippen LogP contribution in [-0.2, 0) is 57.7 Å². The van der Waals surface area contributed by atoms with Crippen LogP contribution in [0.25, 0.3) is 0 Å². The highest BCUT2D eigenvalue weighted by molar-refractivity contribution is 7.85. The Hall–Kier alpha value is -2.85. The lowest BCUT2D eigenvalue weighted by molar-refractivity contribution is -0.302. The number of aliphatic hydroxyl groups is 1. The van der Waals surface area contributed by atoms with Gasteiger partial charge in [0.05, 0.1) is 6.61 Å². The number of esters is 4. The fraction of sp³-hybridized carbons (Fsp3) is 0.893. The van der Waals surface area contributed by atoms with Gasteiger partial charge in [-0.05, 0) is 57.8 Å². The average Bonchev–Trinajstić information content (AvgIpc) is 0.890. The van der Waals surface area contributed by atoms with Crippen molar-refractivity contribution in [3.63, 3.8) is 0 Å². The van der Waals surface area contributed by atoms with E-state index in [1.54, 1.807) is 0 Å². The van der Waals surface area contributed by atoms with Gasteiger partial charge in [-0.2, -0.15) is 8.42 Å². The van der Waals surface area contributed by atoms with Crippen molar-refractivity contribution < 1.29 is 65.7 Å². The fourth-order valence-corrected chi connectivity index (χ4v) is 12.5. The van der Waals surface area contributed by atoms with Gasteiger partial charge in [0.15, 0.2) is 24.6 Å². The maximum absolute atomic E-state index is 13.8. The molecule has 90 heavy (non-hydrogen) atoms. The number of ether oxygens (including phenoxy) is 6. The molecule has 0 aliphatic carbocycles. The molecular weight excluding hydrogens is 1160 g/mol. The maximum atomic E-state index is 13.8. The zero-order chi connectivity index (χ0) is 65.6. The molecule has 1 saturated heterocycles. The molecule has 0 amide bonds. The molecular formula is C75H138O14S. The number of allylic oxidation sites excluding steroid dienone is 4. The zero-order valence-corrected chi connectivity index (χ0v) is 59.1. The Morgan fingerprint density at radius 2 is 0.711 bits per heavy atom. The molecule has 1 fully saturated rings. The Balaban J connectivity index is 3.15. The zero-order valence-electron chi connectivity index (χ0n) is 58.3. The molecule has 2 N–H and O–H groups in total. The van der Waals surface area contributed by atoms with Crippen molar-refractivity contribution in [1.82, 2.24) is 0 Å². The summed E-state index contributed by atoms with van der Waals surface area (Å²) in [5.74, 6) is -3.38. The highest BCUT2D eigenvalue weighted by Gasteiger charge is 2.51. The lowest BCUT2D eigenvalue weighted by atomic mass is 9.99. The molecule has 1 heterocycles. The number of carbonyl (C=O) groups is 4. The van der Waals surface area contributed by atoms with E-state index in [2.05, 4.69) is 52.0 Å². The van der Waals surface area contributed by atoms with Crippen molar-refractivity contribution in [2.45, 2.75) is 411 Å². The summed E-state index contributed by atoms with van der Waals surface area (Å²) in [4.78, 5) is 54.1. The summed E-state index contributed by atoms with van der Waals surface area (Å²) in [6.07, 6.45) is 55.5. The quantitative estimate of drug-likeness (QED) is 0.0192. The normalized spacial score (nSPS) is 17.3. The van der Waals surface area contributed by atoms with E-state index in [1.165, 1.54) is 180 Å². The third-order valence-electron chi connectivity index (χ3n) is 17.5. The molecule has 6 unspecified atom stereocenters. The summed E-state index contributed by atoms with van der Waals surface area (Å²) in [6, 6.07) is 0. The minimum atomic E-state index is -4.77. The van der Waals surface area contributed by atoms with Crippen molar-refractivity contribution >= 4 is 34.0 Å². The highest BCUT2D eigenvalue weighted by Crippen LogP contribution is 2.30. The van der Waals surface area contributed by atoms with Gasteiger partial charge >= 0.3 is 23.9 Å². The van der Waals surface area contributed by atoms with Gasteiger partial charge in [-0.3, -0.25) is 23.7 Å². The van der Waals surface area contributed by atoms with E-state index in [0.29, 0.717) is 25.7 Å². The molecule has 6 atom stereocenters. The molecule has 0 radical (unpaired) electrons. The Kier molecular flexibility index (Phi) is 58.9. The Bertz CT molecular complexity index is 1840. The van der Waals surface area contributed by atoms with Gasteiger partial charge in [-0.25, -0.2) is 0 Å². The molecule has 0 aromatic rings. The number of aliphatic hydroxyl groups excluding tert-OH is 1. The second kappa shape index (κ2) is 62.3. The molecule has 0 bridgehead atoms. The van der Waals surface area contributed by atoms with Crippen molar-refractivity contribution in [2.24, 2.45) is 0 Å². The number of rotatable bonds is 66. The predicted molar refractivity (Wildman–Crippen MR) is 368 cm³/mol. The maximum Gasteiger partial charge on any atom is 0.306 e. The van der Waals surface area contributed by atoms with Crippen LogP contribution in [-0.4, -0.2) is 97.7 Å². The Labute approximate surface area is 551 Å². The molecule has 528 valence electrons. The van der Waals surface area contributed by atoms with Crippen LogP contribution >= 0.6 is 0 Å². The molecule has 15 heteroatoms. The number of hydrogen-bond donors (Lipinski definition) is 2. The summed E-state index contributed by atoms with van der Waals surface area (Å²) in [6.45, 7) is 8.12. The van der Waals surface area contributed by atoms with Crippen LogP contribution in [0.1, 0.15) is 374 Å². The first-order valence-electron chi connectivity index (χ1n) is 37.8. The van der Waals surface area contributed by atoms with E-state index in [1.807, 2.05) is 0 Å². The SMILES string of the molecule is CCCCCC=CCC=CCCCCCCCC(=O)OCC(COC1OC(CS(=O)(=O)O)C(O)C(OC(=O)CCCCCCCCCCCCCCC)C1OC(=O)CCCCCCCCCCCCCCC)OC(=O)CCCCCCCCCCCCCCC. The minimum absolute atomic E-state index is 0.00771. The van der Waals surface area contributed by atoms with E-state index in [0.717, 1.165) is 116 Å². The van der Waals surface area contributed by atoms with Gasteiger partial charge < -0.3 is 33.5 Å². The lowest BCUT2D eigenvalue weighted by Gasteiger charge is -2.43. The second-order valence-corrected chi connectivity index (χ2v) is 27.8. The topological polar surface area (TPSA) is 198 Å². The Morgan fingerprint density at radius 3 is 1.09 bits per heavy atom. The van der Waals surface area contributed by atoms with Gasteiger partial charge in [-0.15, -0.1) is 0 Å². The van der Waals surface area contributed by atoms with Crippen LogP contribution in [0.15, 0.2) is 24.3 Å². The van der Waals surface area contributed by atoms with Crippen LogP contribution in [0.3, 0.4) is 0 Å². The smallest absolute Gasteiger partial charge is 0.306 e. The van der Waals surface area contributed by atoms with Crippen LogP contribution in [0.4, 0.5) is 0 Å². The van der Waals surface area contributed by atoms with Crippen molar-refractivity contribution in [1.29, 1.82) is 0 Å². The largest absolute Gasteiger partial charge is 0.462 e. The Morgan fingerprint density at radius 1 is 0.400 bits per heavy atom. The summed E-state index contributed by atoms with van der Waals surface area (Å²) in [5.41, 5.74) is 0. The minimum Gasteiger partial charge on any atom is -0.462 e. The van der Waals surface area contributed by atoms with E-state index < -0.39 is 83.2 Å². The van der Waals surface area contributed by atoms with Crippen LogP contribution in [0, 0.1) is 0 Å². The van der Waals surface area contributed by atoms with E-state index >= 15 is 0 Å². The van der Waals surface area contributed by atoms with Crippen LogP contribution < -0.4 is 0 Å². The van der Waals surface area contributed by atoms with E-state index in [-0.39, 0.29) is 32.3 Å². The number of unbranched alkanes of at least 4 members (excludes halogenated alkanes) is 44. The summed E-state index contributed by atoms with van der Waals surface area (Å²) in [5, 5.41) is 11.7. The average molecular weight is 1300 g/mol. The second-order valence-electron chi connectivity index (χ2n) is 26.3. The molecule has 0 saturated carbocycles. The standard InChI is InChI=1S/C75H138O14S/c1-5-9-13-17-21-25-29-33-34-38-39-43-47-51-55-59-68(76)84-63-66(86-69(77)60-56-52-48-44-40-35-30-26-22-18-14-10-6-2)64-85-75-74(89-71(79)62-58-54-50-46-42-37-32-28-24-20-16-12-8-4)73(72(80)67(87-75)65-90(81,82)83)88-70(78)61-57-53-49-45-41-36-31-27-23-19-15-11-7-3/h21,25,33-34,66-67,72-75,80H,5-20,22-24,26-32,35-65H2,1-4H3,(H,81,82,83). The first kappa shape index (κ1) is 85.2. The van der Waals surface area contributed by atoms with Crippen molar-refractivity contribution in [3.05, 3.63) is 24.3 Å². The summed E-state index contributed by atoms with van der Waals surface area (Å²) in [7, 11) is -4.77. The summed E-state index contributed by atoms with van der Waals surface area (Å²) >= 11 is 0. The van der Waals surface area contributed by atoms with Gasteiger partial charge in [0.1, 0.15) is 24.6 Å². The molecule has 0 aromatic carbocycles. The number of carbonyl (C=O) groups excluding carboxylic acids is 4. The molecule has 14 nitrogen and oxygen atoms in total. The first-order chi connectivity index (χ1) is 43.8. The predicted octanol–water partition coefficient (Wildman–Crippen LogP) is 20.5. The molecule has 0 spiro atoms. The van der Waals surface area contributed by atoms with Gasteiger partial charge in [0.2, 0.25) is 0 Å². The lowest BCUT2D eigenvalue weighted by Crippen LogP contribution is -2.62. The van der Waals surface area contributed by atoms with E-state index in [9.17, 15) is 37.3 Å². The van der Waals surface area contributed by atoms with Gasteiger partial charge in [0, 0.05) is 25.7 Å². The number of hydrogen-bond acceptors (Lipinski definition) is 13. The van der Waals surface area contributed by atoms with Crippen LogP contribution in [0.5, 0.6) is 0 Å². The summed E-state index contributed by atoms with van der Waals surface area (Å²) < 4.78 is 70.7. The molecule has 0 aromatic heterocycles. The molecule has 1 aliphatic rings. The van der Waals surface area contributed by atoms with Crippen LogP contribution in [0.2, 0.25) is 0 Å². The third kappa shape index (κ3) is 53.5. The fourth-order valence-electron chi connectivity index (χ4n) is 11.8. The highest BCUT2D eigenvalue weighted by atomic mass is 32.2. The first-order valence-corrected chi connectivity index (χ1v) is 39.4. The molecule has 1 rings (SSSR count). The molecule has 1 aliphatic heterocycles. The van der Waals surface area contributed by atoms with Gasteiger partial charge in [-0.1, -0.05) is 315 Å². The van der Waals surface area contributed by atoms with Crippen molar-refractivity contribution in [2.75, 3.05) is 19.0 Å². The third-order valence-corrected chi connectivity index (χ3v) is 18.2. The van der Waals surface area contributed by atoms with E-state index in [4.69, 9.17) is 28.4 Å².